The molecule has 0 N–H and O–H groups in total. The number of carbonyl (C=O) groups is 1. The number of amides is 1. The summed E-state index contributed by atoms with van der Waals surface area (Å²) in [6.07, 6.45) is 10.8. The minimum Gasteiger partial charge on any atom is -0.379 e. The summed E-state index contributed by atoms with van der Waals surface area (Å²) >= 11 is 0. The van der Waals surface area contributed by atoms with Gasteiger partial charge in [-0.1, -0.05) is 49.9 Å². The third-order valence-electron chi connectivity index (χ3n) is 7.27. The Morgan fingerprint density at radius 2 is 1.52 bits per heavy atom. The minimum atomic E-state index is 0.405. The van der Waals surface area contributed by atoms with Crippen LogP contribution in [0.4, 0.5) is 0 Å². The second-order valence-electron chi connectivity index (χ2n) is 9.42. The second kappa shape index (κ2) is 10.6. The normalized spacial score (nSPS) is 22.3. The number of ether oxygens (including phenoxy) is 1. The van der Waals surface area contributed by atoms with Gasteiger partial charge in [-0.2, -0.15) is 0 Å². The van der Waals surface area contributed by atoms with Gasteiger partial charge in [0.1, 0.15) is 0 Å². The van der Waals surface area contributed by atoms with E-state index in [1.165, 1.54) is 36.8 Å². The van der Waals surface area contributed by atoms with E-state index in [4.69, 9.17) is 4.74 Å². The molecule has 2 heterocycles. The molecule has 0 atom stereocenters. The molecule has 2 saturated heterocycles. The van der Waals surface area contributed by atoms with Crippen molar-refractivity contribution >= 4 is 5.91 Å². The van der Waals surface area contributed by atoms with E-state index in [0.29, 0.717) is 5.91 Å². The summed E-state index contributed by atoms with van der Waals surface area (Å²) in [5.41, 5.74) is 2.85. The summed E-state index contributed by atoms with van der Waals surface area (Å²) in [6.45, 7) is 6.76. The Labute approximate surface area is 176 Å². The van der Waals surface area contributed by atoms with Gasteiger partial charge < -0.3 is 9.64 Å². The maximum atomic E-state index is 12.5. The minimum absolute atomic E-state index is 0.405. The quantitative estimate of drug-likeness (QED) is 0.688. The standard InChI is InChI=1S/C25H38N2O2/c28-25(10-9-21-3-1-2-4-21)27-13-11-23(12-14-27)19-22-5-7-24(8-6-22)20-26-15-17-29-18-16-26/h5-8,21,23H,1-4,9-20H2. The highest BCUT2D eigenvalue weighted by molar-refractivity contribution is 5.76. The maximum absolute atomic E-state index is 12.5. The predicted octanol–water partition coefficient (Wildman–Crippen LogP) is 4.27. The first-order valence-electron chi connectivity index (χ1n) is 11.9. The Morgan fingerprint density at radius 1 is 0.862 bits per heavy atom. The average Bonchev–Trinajstić information content (AvgIpc) is 3.28. The van der Waals surface area contributed by atoms with Gasteiger partial charge in [0.05, 0.1) is 13.2 Å². The maximum Gasteiger partial charge on any atom is 0.222 e. The first-order chi connectivity index (χ1) is 14.3. The van der Waals surface area contributed by atoms with Crippen molar-refractivity contribution in [3.8, 4) is 0 Å². The van der Waals surface area contributed by atoms with Crippen molar-refractivity contribution in [1.29, 1.82) is 0 Å². The largest absolute Gasteiger partial charge is 0.379 e. The molecule has 1 aliphatic carbocycles. The van der Waals surface area contributed by atoms with Crippen LogP contribution in [0.1, 0.15) is 62.5 Å². The molecule has 1 aromatic rings. The molecule has 4 nitrogen and oxygen atoms in total. The SMILES string of the molecule is O=C(CCC1CCCC1)N1CCC(Cc2ccc(CN3CCOCC3)cc2)CC1. The third kappa shape index (κ3) is 6.29. The lowest BCUT2D eigenvalue weighted by Crippen LogP contribution is -2.39. The summed E-state index contributed by atoms with van der Waals surface area (Å²) in [5.74, 6) is 1.95. The van der Waals surface area contributed by atoms with Gasteiger partial charge in [-0.3, -0.25) is 9.69 Å². The van der Waals surface area contributed by atoms with Crippen molar-refractivity contribution in [2.45, 2.75) is 64.3 Å². The van der Waals surface area contributed by atoms with Gasteiger partial charge in [-0.25, -0.2) is 0 Å². The van der Waals surface area contributed by atoms with E-state index in [0.717, 1.165) is 89.9 Å². The van der Waals surface area contributed by atoms with Gasteiger partial charge in [-0.05, 0) is 48.6 Å². The lowest BCUT2D eigenvalue weighted by atomic mass is 9.89. The van der Waals surface area contributed by atoms with Crippen molar-refractivity contribution in [1.82, 2.24) is 9.80 Å². The van der Waals surface area contributed by atoms with Gasteiger partial charge in [0.15, 0.2) is 0 Å². The highest BCUT2D eigenvalue weighted by atomic mass is 16.5. The number of hydrogen-bond donors (Lipinski definition) is 0. The smallest absolute Gasteiger partial charge is 0.222 e. The Hall–Kier alpha value is -1.39. The number of piperidine rings is 1. The Balaban J connectivity index is 1.16. The number of benzene rings is 1. The lowest BCUT2D eigenvalue weighted by Gasteiger charge is -2.32. The van der Waals surface area contributed by atoms with E-state index in [1.54, 1.807) is 0 Å². The zero-order valence-electron chi connectivity index (χ0n) is 18.0. The van der Waals surface area contributed by atoms with Crippen LogP contribution in [-0.4, -0.2) is 55.1 Å². The zero-order chi connectivity index (χ0) is 19.9. The molecule has 3 fully saturated rings. The fourth-order valence-electron chi connectivity index (χ4n) is 5.30. The van der Waals surface area contributed by atoms with Crippen molar-refractivity contribution in [3.63, 3.8) is 0 Å². The molecule has 1 amide bonds. The Kier molecular flexibility index (Phi) is 7.61. The topological polar surface area (TPSA) is 32.8 Å². The molecule has 4 rings (SSSR count). The fraction of sp³-hybridized carbons (Fsp3) is 0.720. The molecule has 2 aliphatic heterocycles. The molecule has 3 aliphatic rings. The molecule has 0 radical (unpaired) electrons. The average molecular weight is 399 g/mol. The second-order valence-corrected chi connectivity index (χ2v) is 9.42. The summed E-state index contributed by atoms with van der Waals surface area (Å²) in [5, 5.41) is 0. The molecular weight excluding hydrogens is 360 g/mol. The molecule has 0 unspecified atom stereocenters. The number of morpholine rings is 1. The van der Waals surface area contributed by atoms with Crippen LogP contribution >= 0.6 is 0 Å². The van der Waals surface area contributed by atoms with Crippen LogP contribution in [-0.2, 0) is 22.5 Å². The first kappa shape index (κ1) is 20.9. The number of carbonyl (C=O) groups excluding carboxylic acids is 1. The molecule has 4 heteroatoms. The van der Waals surface area contributed by atoms with Gasteiger partial charge in [-0.15, -0.1) is 0 Å². The molecule has 1 saturated carbocycles. The number of hydrogen-bond acceptors (Lipinski definition) is 3. The highest BCUT2D eigenvalue weighted by Gasteiger charge is 2.24. The summed E-state index contributed by atoms with van der Waals surface area (Å²) in [6, 6.07) is 9.22. The van der Waals surface area contributed by atoms with Crippen molar-refractivity contribution in [3.05, 3.63) is 35.4 Å². The highest BCUT2D eigenvalue weighted by Crippen LogP contribution is 2.29. The molecular formula is C25H38N2O2. The number of likely N-dealkylation sites (tertiary alicyclic amines) is 1. The monoisotopic (exact) mass is 398 g/mol. The van der Waals surface area contributed by atoms with E-state index in [1.807, 2.05) is 0 Å². The molecule has 1 aromatic carbocycles. The fourth-order valence-corrected chi connectivity index (χ4v) is 5.30. The third-order valence-corrected chi connectivity index (χ3v) is 7.27. The first-order valence-corrected chi connectivity index (χ1v) is 11.9. The molecule has 29 heavy (non-hydrogen) atoms. The van der Waals surface area contributed by atoms with Gasteiger partial charge in [0.2, 0.25) is 5.91 Å². The van der Waals surface area contributed by atoms with E-state index >= 15 is 0 Å². The Bertz CT molecular complexity index is 625. The van der Waals surface area contributed by atoms with E-state index < -0.39 is 0 Å². The lowest BCUT2D eigenvalue weighted by molar-refractivity contribution is -0.132. The molecule has 160 valence electrons. The van der Waals surface area contributed by atoms with Crippen LogP contribution in [0.25, 0.3) is 0 Å². The van der Waals surface area contributed by atoms with Crippen LogP contribution in [0.3, 0.4) is 0 Å². The molecule has 0 bridgehead atoms. The van der Waals surface area contributed by atoms with Crippen molar-refractivity contribution in [2.24, 2.45) is 11.8 Å². The molecule has 0 aromatic heterocycles. The van der Waals surface area contributed by atoms with Crippen LogP contribution in [0.5, 0.6) is 0 Å². The predicted molar refractivity (Wildman–Crippen MR) is 117 cm³/mol. The van der Waals surface area contributed by atoms with E-state index in [-0.39, 0.29) is 0 Å². The van der Waals surface area contributed by atoms with Crippen LogP contribution < -0.4 is 0 Å². The summed E-state index contributed by atoms with van der Waals surface area (Å²) < 4.78 is 5.43. The van der Waals surface area contributed by atoms with Crippen LogP contribution in [0.15, 0.2) is 24.3 Å². The zero-order valence-corrected chi connectivity index (χ0v) is 18.0. The van der Waals surface area contributed by atoms with Gasteiger partial charge >= 0.3 is 0 Å². The Morgan fingerprint density at radius 3 is 2.21 bits per heavy atom. The van der Waals surface area contributed by atoms with Crippen LogP contribution in [0.2, 0.25) is 0 Å². The van der Waals surface area contributed by atoms with E-state index in [9.17, 15) is 4.79 Å². The van der Waals surface area contributed by atoms with Crippen molar-refractivity contribution < 1.29 is 9.53 Å². The number of nitrogens with zero attached hydrogens (tertiary/aromatic N) is 2. The summed E-state index contributed by atoms with van der Waals surface area (Å²) in [4.78, 5) is 17.1. The van der Waals surface area contributed by atoms with Gasteiger partial charge in [0, 0.05) is 39.1 Å². The molecule has 0 spiro atoms. The number of rotatable bonds is 7. The van der Waals surface area contributed by atoms with E-state index in [2.05, 4.69) is 34.1 Å². The van der Waals surface area contributed by atoms with Gasteiger partial charge in [0.25, 0.3) is 0 Å². The van der Waals surface area contributed by atoms with Crippen LogP contribution in [0, 0.1) is 11.8 Å². The summed E-state index contributed by atoms with van der Waals surface area (Å²) in [7, 11) is 0. The van der Waals surface area contributed by atoms with Crippen molar-refractivity contribution in [2.75, 3.05) is 39.4 Å².